The molecule has 1 aromatic carbocycles. The number of likely N-dealkylation sites (tertiary alicyclic amines) is 1. The quantitative estimate of drug-likeness (QED) is 0.640. The molecule has 0 bridgehead atoms. The van der Waals surface area contributed by atoms with E-state index in [0.29, 0.717) is 23.1 Å². The second-order valence-corrected chi connectivity index (χ2v) is 7.85. The van der Waals surface area contributed by atoms with E-state index >= 15 is 0 Å². The van der Waals surface area contributed by atoms with Gasteiger partial charge < -0.3 is 10.0 Å². The number of aliphatic hydroxyl groups is 1. The van der Waals surface area contributed by atoms with Gasteiger partial charge in [-0.3, -0.25) is 9.69 Å². The number of carbonyl (C=O) groups excluding carboxylic acids is 1. The molecule has 0 saturated carbocycles. The Morgan fingerprint density at radius 2 is 2.18 bits per heavy atom. The first-order chi connectivity index (χ1) is 13.3. The molecule has 0 spiro atoms. The fraction of sp³-hybridized carbons (Fsp3) is 0.409. The molecule has 1 saturated heterocycles. The Bertz CT molecular complexity index is 761. The Kier molecular flexibility index (Phi) is 8.77. The Labute approximate surface area is 177 Å². The monoisotopic (exact) mass is 422 g/mol. The Morgan fingerprint density at radius 1 is 1.43 bits per heavy atom. The Balaban J connectivity index is 2.19. The van der Waals surface area contributed by atoms with Crippen LogP contribution < -0.4 is 0 Å². The van der Waals surface area contributed by atoms with E-state index in [4.69, 9.17) is 23.2 Å². The first-order valence-electron chi connectivity index (χ1n) is 9.41. The number of carbonyl (C=O) groups is 1. The third kappa shape index (κ3) is 6.21. The van der Waals surface area contributed by atoms with Crippen LogP contribution in [0.15, 0.2) is 54.7 Å². The molecule has 1 aromatic rings. The first kappa shape index (κ1) is 22.7. The molecule has 0 aliphatic carbocycles. The van der Waals surface area contributed by atoms with Crippen LogP contribution in [0, 0.1) is 0 Å². The number of aliphatic hydroxyl groups excluding tert-OH is 1. The molecule has 2 atom stereocenters. The number of hydrogen-bond acceptors (Lipinski definition) is 3. The molecule has 2 rings (SSSR count). The van der Waals surface area contributed by atoms with E-state index < -0.39 is 0 Å². The summed E-state index contributed by atoms with van der Waals surface area (Å²) in [5.74, 6) is -0.00510. The number of rotatable bonds is 8. The molecular weight excluding hydrogens is 395 g/mol. The van der Waals surface area contributed by atoms with E-state index in [1.54, 1.807) is 23.1 Å². The molecule has 0 unspecified atom stereocenters. The highest BCUT2D eigenvalue weighted by Gasteiger charge is 2.28. The van der Waals surface area contributed by atoms with Crippen LogP contribution in [-0.4, -0.2) is 59.6 Å². The molecule has 4 nitrogen and oxygen atoms in total. The van der Waals surface area contributed by atoms with Gasteiger partial charge in [-0.05, 0) is 36.6 Å². The highest BCUT2D eigenvalue weighted by molar-refractivity contribution is 6.42. The minimum atomic E-state index is -0.296. The van der Waals surface area contributed by atoms with Gasteiger partial charge in [0.2, 0.25) is 5.91 Å². The second-order valence-electron chi connectivity index (χ2n) is 7.03. The van der Waals surface area contributed by atoms with Gasteiger partial charge in [0.25, 0.3) is 0 Å². The van der Waals surface area contributed by atoms with E-state index in [1.165, 1.54) is 0 Å². The van der Waals surface area contributed by atoms with Crippen LogP contribution in [0.1, 0.15) is 18.9 Å². The molecule has 0 radical (unpaired) electrons. The maximum absolute atomic E-state index is 13.0. The zero-order chi connectivity index (χ0) is 20.7. The summed E-state index contributed by atoms with van der Waals surface area (Å²) in [5.41, 5.74) is 1.86. The van der Waals surface area contributed by atoms with E-state index in [1.807, 2.05) is 38.3 Å². The molecule has 1 aliphatic heterocycles. The lowest BCUT2D eigenvalue weighted by Gasteiger charge is -2.33. The summed E-state index contributed by atoms with van der Waals surface area (Å²) >= 11 is 12.1. The smallest absolute Gasteiger partial charge is 0.227 e. The highest BCUT2D eigenvalue weighted by atomic mass is 35.5. The summed E-state index contributed by atoms with van der Waals surface area (Å²) in [5, 5.41) is 10.8. The fourth-order valence-electron chi connectivity index (χ4n) is 3.38. The number of amides is 1. The summed E-state index contributed by atoms with van der Waals surface area (Å²) in [6.07, 6.45) is 8.30. The Morgan fingerprint density at radius 3 is 2.75 bits per heavy atom. The van der Waals surface area contributed by atoms with Crippen LogP contribution in [-0.2, 0) is 11.2 Å². The lowest BCUT2D eigenvalue weighted by molar-refractivity contribution is -0.130. The topological polar surface area (TPSA) is 43.8 Å². The molecular formula is C22H28Cl2N2O2. The second kappa shape index (κ2) is 10.8. The Hall–Kier alpha value is -1.59. The SMILES string of the molecule is C=C/C=C\C(=C/C)[C@@H](CN1CC[C@H](O)C1)N(C)C(=O)Cc1ccc(Cl)c(Cl)c1. The van der Waals surface area contributed by atoms with Gasteiger partial charge >= 0.3 is 0 Å². The van der Waals surface area contributed by atoms with E-state index in [0.717, 1.165) is 24.1 Å². The van der Waals surface area contributed by atoms with Crippen molar-refractivity contribution < 1.29 is 9.90 Å². The fourth-order valence-corrected chi connectivity index (χ4v) is 3.70. The number of allylic oxidation sites excluding steroid dienone is 3. The molecule has 1 fully saturated rings. The van der Waals surface area contributed by atoms with Gasteiger partial charge in [-0.1, -0.05) is 60.2 Å². The summed E-state index contributed by atoms with van der Waals surface area (Å²) in [6, 6.07) is 5.14. The van der Waals surface area contributed by atoms with Crippen LogP contribution in [0.5, 0.6) is 0 Å². The number of β-amino-alcohol motifs (C(OH)–C–C–N with tert-alkyl or cyclic N) is 1. The largest absolute Gasteiger partial charge is 0.392 e. The molecule has 6 heteroatoms. The molecule has 1 aliphatic rings. The number of nitrogens with zero attached hydrogens (tertiary/aromatic N) is 2. The molecule has 1 heterocycles. The molecule has 0 aromatic heterocycles. The van der Waals surface area contributed by atoms with Gasteiger partial charge in [0.15, 0.2) is 0 Å². The van der Waals surface area contributed by atoms with Gasteiger partial charge in [-0.25, -0.2) is 0 Å². The van der Waals surface area contributed by atoms with Crippen molar-refractivity contribution in [3.63, 3.8) is 0 Å². The normalized spacial score (nSPS) is 19.2. The van der Waals surface area contributed by atoms with E-state index in [2.05, 4.69) is 11.5 Å². The predicted molar refractivity (Wildman–Crippen MR) is 117 cm³/mol. The van der Waals surface area contributed by atoms with Crippen LogP contribution in [0.4, 0.5) is 0 Å². The minimum absolute atomic E-state index is 0.00510. The standard InChI is InChI=1S/C22H28Cl2N2O2/c1-4-6-7-17(5-2)21(15-26-11-10-18(27)14-26)25(3)22(28)13-16-8-9-19(23)20(24)12-16/h4-9,12,18,21,27H,1,10-11,13-15H2,2-3H3/b7-6-,17-5+/t18-,21+/m0/s1. The van der Waals surface area contributed by atoms with Gasteiger partial charge in [-0.15, -0.1) is 0 Å². The van der Waals surface area contributed by atoms with E-state index in [9.17, 15) is 9.90 Å². The van der Waals surface area contributed by atoms with Crippen molar-refractivity contribution in [3.05, 3.63) is 70.3 Å². The van der Waals surface area contributed by atoms with Crippen molar-refractivity contribution in [1.82, 2.24) is 9.80 Å². The van der Waals surface area contributed by atoms with Crippen molar-refractivity contribution in [1.29, 1.82) is 0 Å². The molecule has 1 amide bonds. The number of halogens is 2. The van der Waals surface area contributed by atoms with Crippen molar-refractivity contribution in [2.24, 2.45) is 0 Å². The minimum Gasteiger partial charge on any atom is -0.392 e. The highest BCUT2D eigenvalue weighted by Crippen LogP contribution is 2.24. The average molecular weight is 423 g/mol. The summed E-state index contributed by atoms with van der Waals surface area (Å²) in [6.45, 7) is 7.82. The average Bonchev–Trinajstić information content (AvgIpc) is 3.08. The van der Waals surface area contributed by atoms with Crippen LogP contribution >= 0.6 is 23.2 Å². The van der Waals surface area contributed by atoms with Crippen LogP contribution in [0.3, 0.4) is 0 Å². The number of hydrogen-bond donors (Lipinski definition) is 1. The molecule has 28 heavy (non-hydrogen) atoms. The predicted octanol–water partition coefficient (Wildman–Crippen LogP) is 4.12. The summed E-state index contributed by atoms with van der Waals surface area (Å²) in [7, 11) is 1.82. The summed E-state index contributed by atoms with van der Waals surface area (Å²) in [4.78, 5) is 17.0. The third-order valence-electron chi connectivity index (χ3n) is 5.02. The van der Waals surface area contributed by atoms with Crippen LogP contribution in [0.25, 0.3) is 0 Å². The van der Waals surface area contributed by atoms with Gasteiger partial charge in [0, 0.05) is 26.7 Å². The van der Waals surface area contributed by atoms with E-state index in [-0.39, 0.29) is 24.5 Å². The zero-order valence-electron chi connectivity index (χ0n) is 16.4. The van der Waals surface area contributed by atoms with Crippen molar-refractivity contribution in [3.8, 4) is 0 Å². The van der Waals surface area contributed by atoms with Crippen molar-refractivity contribution in [2.75, 3.05) is 26.7 Å². The van der Waals surface area contributed by atoms with Crippen LogP contribution in [0.2, 0.25) is 10.0 Å². The zero-order valence-corrected chi connectivity index (χ0v) is 18.0. The summed E-state index contributed by atoms with van der Waals surface area (Å²) < 4.78 is 0. The van der Waals surface area contributed by atoms with Crippen molar-refractivity contribution >= 4 is 29.1 Å². The maximum Gasteiger partial charge on any atom is 0.227 e. The molecule has 152 valence electrons. The van der Waals surface area contributed by atoms with Gasteiger partial charge in [0.05, 0.1) is 28.6 Å². The lowest BCUT2D eigenvalue weighted by Crippen LogP contribution is -2.46. The van der Waals surface area contributed by atoms with Gasteiger partial charge in [0.1, 0.15) is 0 Å². The first-order valence-corrected chi connectivity index (χ1v) is 10.2. The van der Waals surface area contributed by atoms with Gasteiger partial charge in [-0.2, -0.15) is 0 Å². The third-order valence-corrected chi connectivity index (χ3v) is 5.76. The van der Waals surface area contributed by atoms with Crippen molar-refractivity contribution in [2.45, 2.75) is 31.9 Å². The number of benzene rings is 1. The molecule has 1 N–H and O–H groups in total. The lowest BCUT2D eigenvalue weighted by atomic mass is 10.0. The maximum atomic E-state index is 13.0. The number of likely N-dealkylation sites (N-methyl/N-ethyl adjacent to an activating group) is 1.